The molecule has 1 aliphatic heterocycles. The van der Waals surface area contributed by atoms with Crippen LogP contribution < -0.4 is 5.73 Å². The zero-order valence-corrected chi connectivity index (χ0v) is 9.46. The molecular formula is C8H19N3O2S. The Balaban J connectivity index is 2.31. The Labute approximate surface area is 85.9 Å². The Bertz CT molecular complexity index is 258. The maximum Gasteiger partial charge on any atom is 0.211 e. The van der Waals surface area contributed by atoms with Gasteiger partial charge < -0.3 is 10.6 Å². The van der Waals surface area contributed by atoms with E-state index in [4.69, 9.17) is 5.73 Å². The predicted octanol–water partition coefficient (Wildman–Crippen LogP) is -1.09. The molecule has 0 aliphatic carbocycles. The van der Waals surface area contributed by atoms with Crippen LogP contribution in [-0.2, 0) is 10.0 Å². The number of nitrogens with zero attached hydrogens (tertiary/aromatic N) is 2. The van der Waals surface area contributed by atoms with Crippen molar-refractivity contribution in [1.82, 2.24) is 9.21 Å². The minimum absolute atomic E-state index is 0.614. The van der Waals surface area contributed by atoms with Crippen molar-refractivity contribution in [2.45, 2.75) is 6.42 Å². The van der Waals surface area contributed by atoms with Gasteiger partial charge in [0.05, 0.1) is 6.26 Å². The highest BCUT2D eigenvalue weighted by Crippen LogP contribution is 2.05. The van der Waals surface area contributed by atoms with Gasteiger partial charge in [-0.1, -0.05) is 0 Å². The zero-order valence-electron chi connectivity index (χ0n) is 8.65. The second-order valence-electron chi connectivity index (χ2n) is 3.65. The molecule has 0 spiro atoms. The fraction of sp³-hybridized carbons (Fsp3) is 1.00. The van der Waals surface area contributed by atoms with Crippen molar-refractivity contribution in [3.05, 3.63) is 0 Å². The zero-order chi connectivity index (χ0) is 10.6. The maximum atomic E-state index is 11.2. The van der Waals surface area contributed by atoms with Crippen molar-refractivity contribution in [2.75, 3.05) is 45.5 Å². The van der Waals surface area contributed by atoms with E-state index in [-0.39, 0.29) is 0 Å². The van der Waals surface area contributed by atoms with Gasteiger partial charge in [0.15, 0.2) is 0 Å². The molecule has 0 bridgehead atoms. The highest BCUT2D eigenvalue weighted by Gasteiger charge is 2.22. The van der Waals surface area contributed by atoms with Gasteiger partial charge in [0, 0.05) is 26.2 Å². The van der Waals surface area contributed by atoms with Crippen LogP contribution in [-0.4, -0.2) is 63.1 Å². The van der Waals surface area contributed by atoms with E-state index >= 15 is 0 Å². The summed E-state index contributed by atoms with van der Waals surface area (Å²) in [5.41, 5.74) is 5.41. The summed E-state index contributed by atoms with van der Waals surface area (Å²) in [4.78, 5) is 2.26. The first-order valence-electron chi connectivity index (χ1n) is 4.91. The highest BCUT2D eigenvalue weighted by molar-refractivity contribution is 7.88. The lowest BCUT2D eigenvalue weighted by atomic mass is 10.3. The molecule has 0 aromatic heterocycles. The average Bonchev–Trinajstić information content (AvgIpc) is 2.14. The van der Waals surface area contributed by atoms with Gasteiger partial charge in [-0.25, -0.2) is 8.42 Å². The molecule has 1 fully saturated rings. The Morgan fingerprint density at radius 3 is 2.21 bits per heavy atom. The third-order valence-electron chi connectivity index (χ3n) is 2.48. The molecule has 0 radical (unpaired) electrons. The van der Waals surface area contributed by atoms with Crippen LogP contribution in [0.1, 0.15) is 6.42 Å². The molecule has 0 aromatic carbocycles. The Morgan fingerprint density at radius 1 is 1.21 bits per heavy atom. The van der Waals surface area contributed by atoms with E-state index in [2.05, 4.69) is 4.90 Å². The molecule has 0 saturated carbocycles. The van der Waals surface area contributed by atoms with Gasteiger partial charge >= 0.3 is 0 Å². The smallest absolute Gasteiger partial charge is 0.211 e. The molecule has 84 valence electrons. The lowest BCUT2D eigenvalue weighted by Crippen LogP contribution is -2.48. The van der Waals surface area contributed by atoms with Gasteiger partial charge in [0.25, 0.3) is 0 Å². The number of hydrogen-bond donors (Lipinski definition) is 1. The molecule has 0 unspecified atom stereocenters. The summed E-state index contributed by atoms with van der Waals surface area (Å²) >= 11 is 0. The number of nitrogens with two attached hydrogens (primary N) is 1. The van der Waals surface area contributed by atoms with Crippen LogP contribution in [0.3, 0.4) is 0 Å². The summed E-state index contributed by atoms with van der Waals surface area (Å²) in [7, 11) is -2.99. The van der Waals surface area contributed by atoms with E-state index in [1.165, 1.54) is 10.6 Å². The van der Waals surface area contributed by atoms with Gasteiger partial charge in [-0.15, -0.1) is 0 Å². The Hall–Kier alpha value is -0.170. The largest absolute Gasteiger partial charge is 0.330 e. The van der Waals surface area contributed by atoms with Crippen LogP contribution >= 0.6 is 0 Å². The maximum absolute atomic E-state index is 11.2. The minimum Gasteiger partial charge on any atom is -0.330 e. The molecule has 1 rings (SSSR count). The fourth-order valence-electron chi connectivity index (χ4n) is 1.60. The van der Waals surface area contributed by atoms with Gasteiger partial charge in [-0.3, -0.25) is 0 Å². The van der Waals surface area contributed by atoms with Gasteiger partial charge in [0.1, 0.15) is 0 Å². The second-order valence-corrected chi connectivity index (χ2v) is 5.63. The number of piperazine rings is 1. The van der Waals surface area contributed by atoms with E-state index < -0.39 is 10.0 Å². The quantitative estimate of drug-likeness (QED) is 0.655. The van der Waals surface area contributed by atoms with E-state index in [1.54, 1.807) is 0 Å². The van der Waals surface area contributed by atoms with Crippen LogP contribution in [0.5, 0.6) is 0 Å². The van der Waals surface area contributed by atoms with Crippen molar-refractivity contribution >= 4 is 10.0 Å². The summed E-state index contributed by atoms with van der Waals surface area (Å²) in [6, 6.07) is 0. The standard InChI is InChI=1S/C8H19N3O2S/c1-14(12,13)11-7-5-10(6-8-11)4-2-3-9/h2-9H2,1H3. The third-order valence-corrected chi connectivity index (χ3v) is 3.78. The van der Waals surface area contributed by atoms with E-state index in [0.29, 0.717) is 19.6 Å². The molecular weight excluding hydrogens is 202 g/mol. The van der Waals surface area contributed by atoms with E-state index in [1.807, 2.05) is 0 Å². The SMILES string of the molecule is CS(=O)(=O)N1CCN(CCCN)CC1. The summed E-state index contributed by atoms with van der Waals surface area (Å²) < 4.78 is 23.9. The second kappa shape index (κ2) is 5.06. The van der Waals surface area contributed by atoms with Crippen LogP contribution in [0.25, 0.3) is 0 Å². The first kappa shape index (κ1) is 11.9. The van der Waals surface area contributed by atoms with Gasteiger partial charge in [0.2, 0.25) is 10.0 Å². The lowest BCUT2D eigenvalue weighted by molar-refractivity contribution is 0.188. The minimum atomic E-state index is -2.99. The van der Waals surface area contributed by atoms with Crippen molar-refractivity contribution < 1.29 is 8.42 Å². The Kier molecular flexibility index (Phi) is 4.31. The average molecular weight is 221 g/mol. The van der Waals surface area contributed by atoms with Crippen LogP contribution in [0.15, 0.2) is 0 Å². The molecule has 0 atom stereocenters. The fourth-order valence-corrected chi connectivity index (χ4v) is 2.43. The third kappa shape index (κ3) is 3.53. The lowest BCUT2D eigenvalue weighted by Gasteiger charge is -2.33. The molecule has 0 aromatic rings. The number of hydrogen-bond acceptors (Lipinski definition) is 4. The first-order chi connectivity index (χ1) is 6.54. The topological polar surface area (TPSA) is 66.6 Å². The van der Waals surface area contributed by atoms with Gasteiger partial charge in [-0.05, 0) is 19.5 Å². The van der Waals surface area contributed by atoms with Crippen molar-refractivity contribution in [2.24, 2.45) is 5.73 Å². The highest BCUT2D eigenvalue weighted by atomic mass is 32.2. The summed E-state index contributed by atoms with van der Waals surface area (Å²) in [6.07, 6.45) is 2.25. The van der Waals surface area contributed by atoms with E-state index in [9.17, 15) is 8.42 Å². The summed E-state index contributed by atoms with van der Waals surface area (Å²) in [5.74, 6) is 0. The van der Waals surface area contributed by atoms with Crippen molar-refractivity contribution in [1.29, 1.82) is 0 Å². The molecule has 0 amide bonds. The van der Waals surface area contributed by atoms with Gasteiger partial charge in [-0.2, -0.15) is 4.31 Å². The number of sulfonamides is 1. The molecule has 6 heteroatoms. The van der Waals surface area contributed by atoms with Crippen LogP contribution in [0.4, 0.5) is 0 Å². The molecule has 1 aliphatic rings. The predicted molar refractivity (Wildman–Crippen MR) is 56.5 cm³/mol. The van der Waals surface area contributed by atoms with Crippen molar-refractivity contribution in [3.63, 3.8) is 0 Å². The van der Waals surface area contributed by atoms with E-state index in [0.717, 1.165) is 26.1 Å². The summed E-state index contributed by atoms with van der Waals surface area (Å²) in [5, 5.41) is 0. The molecule has 14 heavy (non-hydrogen) atoms. The normalized spacial score (nSPS) is 21.3. The molecule has 1 heterocycles. The molecule has 1 saturated heterocycles. The Morgan fingerprint density at radius 2 is 1.79 bits per heavy atom. The van der Waals surface area contributed by atoms with Crippen molar-refractivity contribution in [3.8, 4) is 0 Å². The first-order valence-corrected chi connectivity index (χ1v) is 6.76. The van der Waals surface area contributed by atoms with Crippen LogP contribution in [0.2, 0.25) is 0 Å². The van der Waals surface area contributed by atoms with Crippen LogP contribution in [0, 0.1) is 0 Å². The summed E-state index contributed by atoms with van der Waals surface area (Å²) in [6.45, 7) is 4.56. The monoisotopic (exact) mass is 221 g/mol. The number of rotatable bonds is 4. The molecule has 5 nitrogen and oxygen atoms in total. The molecule has 2 N–H and O–H groups in total.